The molecule has 3 atom stereocenters. The summed E-state index contributed by atoms with van der Waals surface area (Å²) in [6.45, 7) is 3.75. The molecule has 2 aliphatic heterocycles. The second-order valence-corrected chi connectivity index (χ2v) is 9.67. The summed E-state index contributed by atoms with van der Waals surface area (Å²) in [4.78, 5) is 32.7. The lowest BCUT2D eigenvalue weighted by Gasteiger charge is -2.45. The molecule has 2 aromatic heterocycles. The highest BCUT2D eigenvalue weighted by molar-refractivity contribution is 7.07. The standard InChI is InChI=1S/C26H21N3O4S/c1-15-7-3-5-9-18(15)27-23(30)21-22-17-8-4-6-10-19(17)33-26(21,2)28-25-29(22)24(31)20(34-25)13-16-11-12-32-14-16/h3-14,21-22H,1-2H3,(H,27,30)/b20-13-/t21-,22-,26-/m1/s1. The van der Waals surface area contributed by atoms with E-state index in [1.54, 1.807) is 29.2 Å². The predicted molar refractivity (Wildman–Crippen MR) is 129 cm³/mol. The third-order valence-electron chi connectivity index (χ3n) is 6.41. The number of para-hydroxylation sites is 2. The summed E-state index contributed by atoms with van der Waals surface area (Å²) in [6.07, 6.45) is 4.92. The maximum absolute atomic E-state index is 13.7. The first-order chi connectivity index (χ1) is 16.4. The summed E-state index contributed by atoms with van der Waals surface area (Å²) in [5.41, 5.74) is 1.88. The minimum atomic E-state index is -1.17. The summed E-state index contributed by atoms with van der Waals surface area (Å²) in [7, 11) is 0. The van der Waals surface area contributed by atoms with Crippen molar-refractivity contribution in [2.45, 2.75) is 25.6 Å². The van der Waals surface area contributed by atoms with Crippen molar-refractivity contribution >= 4 is 29.0 Å². The lowest BCUT2D eigenvalue weighted by molar-refractivity contribution is -0.131. The number of aryl methyl sites for hydroxylation is 1. The predicted octanol–water partition coefficient (Wildman–Crippen LogP) is 3.23. The van der Waals surface area contributed by atoms with Crippen LogP contribution in [-0.2, 0) is 4.79 Å². The van der Waals surface area contributed by atoms with E-state index in [1.807, 2.05) is 62.4 Å². The molecule has 2 aromatic carbocycles. The fourth-order valence-corrected chi connectivity index (χ4v) is 5.87. The largest absolute Gasteiger partial charge is 0.472 e. The molecule has 0 saturated carbocycles. The monoisotopic (exact) mass is 471 g/mol. The van der Waals surface area contributed by atoms with E-state index < -0.39 is 17.7 Å². The van der Waals surface area contributed by atoms with Crippen LogP contribution in [0.3, 0.4) is 0 Å². The van der Waals surface area contributed by atoms with Crippen LogP contribution in [0.15, 0.2) is 81.3 Å². The summed E-state index contributed by atoms with van der Waals surface area (Å²) in [5.74, 6) is -0.365. The maximum Gasteiger partial charge on any atom is 0.270 e. The van der Waals surface area contributed by atoms with Crippen LogP contribution in [0.4, 0.5) is 5.69 Å². The van der Waals surface area contributed by atoms with Crippen molar-refractivity contribution in [1.29, 1.82) is 0 Å². The Morgan fingerprint density at radius 2 is 1.97 bits per heavy atom. The van der Waals surface area contributed by atoms with E-state index in [9.17, 15) is 9.59 Å². The van der Waals surface area contributed by atoms with Crippen molar-refractivity contribution in [3.63, 3.8) is 0 Å². The summed E-state index contributed by atoms with van der Waals surface area (Å²) in [6, 6.07) is 16.4. The Kier molecular flexibility index (Phi) is 4.60. The number of rotatable bonds is 3. The molecule has 2 bridgehead atoms. The van der Waals surface area contributed by atoms with Gasteiger partial charge in [0.05, 0.1) is 23.1 Å². The lowest BCUT2D eigenvalue weighted by atomic mass is 9.80. The number of carbonyl (C=O) groups is 1. The molecule has 0 saturated heterocycles. The zero-order chi connectivity index (χ0) is 23.4. The zero-order valence-corrected chi connectivity index (χ0v) is 19.3. The highest BCUT2D eigenvalue weighted by Crippen LogP contribution is 2.47. The quantitative estimate of drug-likeness (QED) is 0.497. The molecule has 0 radical (unpaired) electrons. The van der Waals surface area contributed by atoms with Gasteiger partial charge in [-0.3, -0.25) is 14.2 Å². The molecule has 1 amide bonds. The number of carbonyl (C=O) groups excluding carboxylic acids is 1. The normalized spacial score (nSPS) is 22.8. The molecule has 0 unspecified atom stereocenters. The maximum atomic E-state index is 13.7. The highest BCUT2D eigenvalue weighted by atomic mass is 32.1. The van der Waals surface area contributed by atoms with Crippen LogP contribution in [0.25, 0.3) is 6.08 Å². The van der Waals surface area contributed by atoms with E-state index in [1.165, 1.54) is 11.3 Å². The van der Waals surface area contributed by atoms with Gasteiger partial charge in [-0.1, -0.05) is 47.7 Å². The molecule has 0 aliphatic carbocycles. The van der Waals surface area contributed by atoms with Crippen LogP contribution in [0, 0.1) is 12.8 Å². The second kappa shape index (κ2) is 7.56. The molecule has 8 heteroatoms. The molecule has 170 valence electrons. The van der Waals surface area contributed by atoms with Crippen LogP contribution in [0.2, 0.25) is 0 Å². The molecular formula is C26H21N3O4S. The Bertz CT molecular complexity index is 1600. The van der Waals surface area contributed by atoms with Crippen LogP contribution in [-0.4, -0.2) is 16.2 Å². The van der Waals surface area contributed by atoms with Crippen molar-refractivity contribution < 1.29 is 13.9 Å². The third-order valence-corrected chi connectivity index (χ3v) is 7.39. The molecule has 1 N–H and O–H groups in total. The van der Waals surface area contributed by atoms with Crippen molar-refractivity contribution in [2.75, 3.05) is 5.32 Å². The molecule has 34 heavy (non-hydrogen) atoms. The third kappa shape index (κ3) is 3.13. The van der Waals surface area contributed by atoms with Crippen LogP contribution in [0.1, 0.15) is 29.7 Å². The number of benzene rings is 2. The number of furan rings is 1. The van der Waals surface area contributed by atoms with Gasteiger partial charge in [-0.2, -0.15) is 0 Å². The highest BCUT2D eigenvalue weighted by Gasteiger charge is 2.55. The fraction of sp³-hybridized carbons (Fsp3) is 0.192. The number of nitrogens with zero attached hydrogens (tertiary/aromatic N) is 2. The minimum Gasteiger partial charge on any atom is -0.472 e. The smallest absolute Gasteiger partial charge is 0.270 e. The fourth-order valence-electron chi connectivity index (χ4n) is 4.78. The number of fused-ring (bicyclic) bond motifs is 6. The van der Waals surface area contributed by atoms with Gasteiger partial charge in [0.1, 0.15) is 11.7 Å². The SMILES string of the molecule is Cc1ccccc1NC(=O)[C@H]1[C@H]2c3ccccc3O[C@@]1(C)N=c1s/c(=C\c3ccoc3)c(=O)n12. The second-order valence-electron chi connectivity index (χ2n) is 8.66. The average Bonchev–Trinajstić information content (AvgIpc) is 3.42. The van der Waals surface area contributed by atoms with Crippen molar-refractivity contribution in [1.82, 2.24) is 4.57 Å². The number of hydrogen-bond acceptors (Lipinski definition) is 6. The van der Waals surface area contributed by atoms with Gasteiger partial charge < -0.3 is 14.5 Å². The van der Waals surface area contributed by atoms with Gasteiger partial charge in [0.15, 0.2) is 4.80 Å². The first-order valence-electron chi connectivity index (χ1n) is 10.9. The molecule has 0 fully saturated rings. The minimum absolute atomic E-state index is 0.192. The van der Waals surface area contributed by atoms with E-state index in [0.717, 1.165) is 22.4 Å². The number of aromatic nitrogens is 1. The number of thiazole rings is 1. The van der Waals surface area contributed by atoms with Gasteiger partial charge >= 0.3 is 0 Å². The van der Waals surface area contributed by atoms with Gasteiger partial charge in [0.25, 0.3) is 5.56 Å². The van der Waals surface area contributed by atoms with Crippen LogP contribution in [0.5, 0.6) is 5.75 Å². The number of amides is 1. The molecular weight excluding hydrogens is 450 g/mol. The number of ether oxygens (including phenoxy) is 1. The number of anilines is 1. The van der Waals surface area contributed by atoms with Gasteiger partial charge in [0, 0.05) is 16.8 Å². The Hall–Kier alpha value is -3.91. The molecule has 4 heterocycles. The van der Waals surface area contributed by atoms with Crippen LogP contribution < -0.4 is 24.9 Å². The Labute approximate surface area is 198 Å². The summed E-state index contributed by atoms with van der Waals surface area (Å²) < 4.78 is 13.6. The average molecular weight is 472 g/mol. The zero-order valence-electron chi connectivity index (χ0n) is 18.5. The van der Waals surface area contributed by atoms with E-state index in [4.69, 9.17) is 14.1 Å². The number of nitrogens with one attached hydrogen (secondary N) is 1. The molecule has 4 aromatic rings. The molecule has 7 nitrogen and oxygen atoms in total. The van der Waals surface area contributed by atoms with E-state index in [-0.39, 0.29) is 11.5 Å². The van der Waals surface area contributed by atoms with Crippen molar-refractivity contribution in [3.05, 3.63) is 104 Å². The Balaban J connectivity index is 1.55. The van der Waals surface area contributed by atoms with Crippen molar-refractivity contribution in [3.8, 4) is 5.75 Å². The van der Waals surface area contributed by atoms with Crippen LogP contribution >= 0.6 is 11.3 Å². The van der Waals surface area contributed by atoms with E-state index in [2.05, 4.69) is 5.32 Å². The molecule has 2 aliphatic rings. The van der Waals surface area contributed by atoms with Gasteiger partial charge in [-0.15, -0.1) is 0 Å². The van der Waals surface area contributed by atoms with E-state index >= 15 is 0 Å². The van der Waals surface area contributed by atoms with Gasteiger partial charge in [-0.25, -0.2) is 4.99 Å². The Morgan fingerprint density at radius 1 is 1.18 bits per heavy atom. The topological polar surface area (TPSA) is 85.8 Å². The first-order valence-corrected chi connectivity index (χ1v) is 11.8. The van der Waals surface area contributed by atoms with Gasteiger partial charge in [0.2, 0.25) is 11.6 Å². The first kappa shape index (κ1) is 20.7. The van der Waals surface area contributed by atoms with E-state index in [0.29, 0.717) is 15.1 Å². The van der Waals surface area contributed by atoms with Crippen molar-refractivity contribution in [2.24, 2.45) is 10.9 Å². The summed E-state index contributed by atoms with van der Waals surface area (Å²) >= 11 is 1.29. The summed E-state index contributed by atoms with van der Waals surface area (Å²) in [5, 5.41) is 3.05. The number of hydrogen-bond donors (Lipinski definition) is 1. The molecule has 0 spiro atoms. The van der Waals surface area contributed by atoms with Gasteiger partial charge in [-0.05, 0) is 43.7 Å². The Morgan fingerprint density at radius 3 is 2.76 bits per heavy atom. The molecule has 6 rings (SSSR count). The lowest BCUT2D eigenvalue weighted by Crippen LogP contribution is -2.59.